The van der Waals surface area contributed by atoms with Gasteiger partial charge in [-0.15, -0.1) is 5.10 Å². The van der Waals surface area contributed by atoms with Gasteiger partial charge < -0.3 is 0 Å². The number of rotatable bonds is 2. The van der Waals surface area contributed by atoms with Crippen molar-refractivity contribution in [2.24, 2.45) is 0 Å². The van der Waals surface area contributed by atoms with Gasteiger partial charge in [-0.1, -0.05) is 27.5 Å². The van der Waals surface area contributed by atoms with Gasteiger partial charge in [0.1, 0.15) is 5.82 Å². The van der Waals surface area contributed by atoms with E-state index in [-0.39, 0.29) is 16.5 Å². The van der Waals surface area contributed by atoms with Crippen molar-refractivity contribution in [3.05, 3.63) is 44.0 Å². The Kier molecular flexibility index (Phi) is 3.54. The highest BCUT2D eigenvalue weighted by atomic mass is 79.9. The Morgan fingerprint density at radius 3 is 2.67 bits per heavy atom. The first-order valence-corrected chi connectivity index (χ1v) is 6.00. The standard InChI is InChI=1S/C10H7BrClF2N3O/c1-5-15-17(10(18)16(5)9(13)14)8-4-6(11)2-3-7(8)12/h2-4,9H,1H3. The van der Waals surface area contributed by atoms with Crippen LogP contribution in [0.5, 0.6) is 0 Å². The van der Waals surface area contributed by atoms with Gasteiger partial charge in [0.2, 0.25) is 0 Å². The van der Waals surface area contributed by atoms with E-state index < -0.39 is 12.2 Å². The number of halogens is 4. The normalized spacial score (nSPS) is 11.2. The highest BCUT2D eigenvalue weighted by molar-refractivity contribution is 9.10. The molecule has 0 amide bonds. The topological polar surface area (TPSA) is 39.8 Å². The maximum absolute atomic E-state index is 12.7. The van der Waals surface area contributed by atoms with Crippen molar-refractivity contribution in [2.75, 3.05) is 0 Å². The lowest BCUT2D eigenvalue weighted by molar-refractivity contribution is 0.0640. The second-order valence-electron chi connectivity index (χ2n) is 3.48. The molecule has 4 nitrogen and oxygen atoms in total. The zero-order valence-electron chi connectivity index (χ0n) is 9.07. The van der Waals surface area contributed by atoms with Gasteiger partial charge in [-0.25, -0.2) is 9.36 Å². The third kappa shape index (κ3) is 2.20. The molecule has 0 unspecified atom stereocenters. The zero-order chi connectivity index (χ0) is 13.4. The van der Waals surface area contributed by atoms with E-state index in [1.54, 1.807) is 12.1 Å². The number of alkyl halides is 2. The molecule has 18 heavy (non-hydrogen) atoms. The molecule has 0 saturated heterocycles. The molecule has 0 N–H and O–H groups in total. The quantitative estimate of drug-likeness (QED) is 0.844. The van der Waals surface area contributed by atoms with Gasteiger partial charge in [0.25, 0.3) is 0 Å². The summed E-state index contributed by atoms with van der Waals surface area (Å²) in [6.07, 6.45) is 0. The van der Waals surface area contributed by atoms with Crippen LogP contribution in [0.25, 0.3) is 5.69 Å². The van der Waals surface area contributed by atoms with E-state index >= 15 is 0 Å². The predicted octanol–water partition coefficient (Wildman–Crippen LogP) is 3.15. The van der Waals surface area contributed by atoms with E-state index in [2.05, 4.69) is 21.0 Å². The van der Waals surface area contributed by atoms with Crippen molar-refractivity contribution >= 4 is 27.5 Å². The van der Waals surface area contributed by atoms with Crippen molar-refractivity contribution in [2.45, 2.75) is 13.5 Å². The van der Waals surface area contributed by atoms with Crippen LogP contribution in [0.4, 0.5) is 8.78 Å². The van der Waals surface area contributed by atoms with Crippen LogP contribution < -0.4 is 5.69 Å². The number of nitrogens with zero attached hydrogens (tertiary/aromatic N) is 3. The Morgan fingerprint density at radius 2 is 2.11 bits per heavy atom. The lowest BCUT2D eigenvalue weighted by Crippen LogP contribution is -2.24. The molecule has 8 heteroatoms. The summed E-state index contributed by atoms with van der Waals surface area (Å²) in [5, 5.41) is 4.03. The molecule has 2 rings (SSSR count). The first kappa shape index (κ1) is 13.2. The SMILES string of the molecule is Cc1nn(-c2cc(Br)ccc2Cl)c(=O)n1C(F)F. The largest absolute Gasteiger partial charge is 0.355 e. The summed E-state index contributed by atoms with van der Waals surface area (Å²) in [7, 11) is 0. The van der Waals surface area contributed by atoms with Crippen LogP contribution in [-0.2, 0) is 0 Å². The lowest BCUT2D eigenvalue weighted by atomic mass is 10.3. The van der Waals surface area contributed by atoms with Crippen LogP contribution in [0.2, 0.25) is 5.02 Å². The number of aromatic nitrogens is 3. The molecule has 0 bridgehead atoms. The fourth-order valence-corrected chi connectivity index (χ4v) is 2.05. The summed E-state index contributed by atoms with van der Waals surface area (Å²) in [6.45, 7) is -1.60. The molecule has 0 aliphatic rings. The van der Waals surface area contributed by atoms with Crippen LogP contribution in [0.1, 0.15) is 12.4 Å². The molecule has 0 aliphatic carbocycles. The highest BCUT2D eigenvalue weighted by Gasteiger charge is 2.19. The van der Waals surface area contributed by atoms with Crippen molar-refractivity contribution in [1.29, 1.82) is 0 Å². The van der Waals surface area contributed by atoms with Gasteiger partial charge in [0, 0.05) is 4.47 Å². The summed E-state index contributed by atoms with van der Waals surface area (Å²) < 4.78 is 27.2. The van der Waals surface area contributed by atoms with Gasteiger partial charge >= 0.3 is 12.2 Å². The fraction of sp³-hybridized carbons (Fsp3) is 0.200. The molecule has 0 radical (unpaired) electrons. The molecule has 1 aromatic heterocycles. The molecule has 1 aromatic carbocycles. The van der Waals surface area contributed by atoms with Crippen LogP contribution >= 0.6 is 27.5 Å². The third-order valence-corrected chi connectivity index (χ3v) is 3.13. The first-order chi connectivity index (χ1) is 8.41. The summed E-state index contributed by atoms with van der Waals surface area (Å²) >= 11 is 9.14. The van der Waals surface area contributed by atoms with Crippen molar-refractivity contribution < 1.29 is 8.78 Å². The average molecular weight is 339 g/mol. The van der Waals surface area contributed by atoms with Gasteiger partial charge in [0.05, 0.1) is 10.7 Å². The van der Waals surface area contributed by atoms with Crippen LogP contribution in [-0.4, -0.2) is 14.3 Å². The Labute approximate surface area is 114 Å². The molecule has 0 atom stereocenters. The smallest absolute Gasteiger partial charge is 0.245 e. The second-order valence-corrected chi connectivity index (χ2v) is 4.81. The highest BCUT2D eigenvalue weighted by Crippen LogP contribution is 2.23. The predicted molar refractivity (Wildman–Crippen MR) is 66.5 cm³/mol. The van der Waals surface area contributed by atoms with Gasteiger partial charge in [-0.05, 0) is 25.1 Å². The molecule has 0 saturated carbocycles. The van der Waals surface area contributed by atoms with Crippen molar-refractivity contribution in [3.63, 3.8) is 0 Å². The third-order valence-electron chi connectivity index (χ3n) is 2.31. The fourth-order valence-electron chi connectivity index (χ4n) is 1.51. The maximum atomic E-state index is 12.7. The summed E-state index contributed by atoms with van der Waals surface area (Å²) in [4.78, 5) is 11.8. The molecule has 1 heterocycles. The molecular formula is C10H7BrClF2N3O. The van der Waals surface area contributed by atoms with Gasteiger partial charge in [0.15, 0.2) is 0 Å². The molecular weight excluding hydrogens is 331 g/mol. The molecule has 96 valence electrons. The van der Waals surface area contributed by atoms with Gasteiger partial charge in [-0.2, -0.15) is 13.5 Å². The monoisotopic (exact) mass is 337 g/mol. The number of benzene rings is 1. The minimum Gasteiger partial charge on any atom is -0.245 e. The molecule has 0 aliphatic heterocycles. The summed E-state index contributed by atoms with van der Waals surface area (Å²) in [5.74, 6) is -0.0777. The average Bonchev–Trinajstić information content (AvgIpc) is 2.57. The second kappa shape index (κ2) is 4.81. The zero-order valence-corrected chi connectivity index (χ0v) is 11.4. The van der Waals surface area contributed by atoms with Gasteiger partial charge in [-0.3, -0.25) is 0 Å². The van der Waals surface area contributed by atoms with Crippen molar-refractivity contribution in [3.8, 4) is 5.69 Å². The van der Waals surface area contributed by atoms with E-state index in [0.717, 1.165) is 4.68 Å². The van der Waals surface area contributed by atoms with Crippen LogP contribution in [0, 0.1) is 6.92 Å². The number of aryl methyl sites for hydroxylation is 1. The summed E-state index contributed by atoms with van der Waals surface area (Å²) in [6, 6.07) is 4.75. The van der Waals surface area contributed by atoms with E-state index in [4.69, 9.17) is 11.6 Å². The Balaban J connectivity index is 2.69. The maximum Gasteiger partial charge on any atom is 0.355 e. The Morgan fingerprint density at radius 1 is 1.44 bits per heavy atom. The first-order valence-electron chi connectivity index (χ1n) is 4.83. The minimum atomic E-state index is -2.93. The van der Waals surface area contributed by atoms with E-state index in [9.17, 15) is 13.6 Å². The molecule has 0 spiro atoms. The lowest BCUT2D eigenvalue weighted by Gasteiger charge is -2.03. The van der Waals surface area contributed by atoms with E-state index in [1.165, 1.54) is 13.0 Å². The van der Waals surface area contributed by atoms with Crippen molar-refractivity contribution in [1.82, 2.24) is 14.3 Å². The van der Waals surface area contributed by atoms with E-state index in [0.29, 0.717) is 9.04 Å². The Hall–Kier alpha value is -1.21. The molecule has 2 aromatic rings. The minimum absolute atomic E-state index is 0.0777. The van der Waals surface area contributed by atoms with Crippen LogP contribution in [0.15, 0.2) is 27.5 Å². The number of hydrogen-bond acceptors (Lipinski definition) is 2. The molecule has 0 fully saturated rings. The Bertz CT molecular complexity index is 653. The van der Waals surface area contributed by atoms with E-state index in [1.807, 2.05) is 0 Å². The van der Waals surface area contributed by atoms with Crippen LogP contribution in [0.3, 0.4) is 0 Å². The number of hydrogen-bond donors (Lipinski definition) is 0. The summed E-state index contributed by atoms with van der Waals surface area (Å²) in [5.41, 5.74) is -0.680.